The summed E-state index contributed by atoms with van der Waals surface area (Å²) in [5.74, 6) is 0.847. The van der Waals surface area contributed by atoms with Crippen LogP contribution in [0, 0.1) is 5.41 Å². The lowest BCUT2D eigenvalue weighted by Crippen LogP contribution is -2.32. The second kappa shape index (κ2) is 2.91. The minimum absolute atomic E-state index is 0.195. The summed E-state index contributed by atoms with van der Waals surface area (Å²) < 4.78 is 0. The Morgan fingerprint density at radius 3 is 2.70 bits per heavy atom. The van der Waals surface area contributed by atoms with Crippen LogP contribution in [0.25, 0.3) is 0 Å². The predicted molar refractivity (Wildman–Crippen MR) is 42.3 cm³/mol. The Morgan fingerprint density at radius 1 is 1.60 bits per heavy atom. The van der Waals surface area contributed by atoms with Gasteiger partial charge in [-0.25, -0.2) is 0 Å². The molecule has 1 unspecified atom stereocenters. The first-order chi connectivity index (χ1) is 4.69. The number of ketones is 1. The van der Waals surface area contributed by atoms with E-state index in [2.05, 4.69) is 0 Å². The van der Waals surface area contributed by atoms with Crippen LogP contribution in [-0.2, 0) is 4.79 Å². The quantitative estimate of drug-likeness (QED) is 0.539. The van der Waals surface area contributed by atoms with Crippen LogP contribution >= 0.6 is 11.6 Å². The van der Waals surface area contributed by atoms with Crippen molar-refractivity contribution in [3.63, 3.8) is 0 Å². The van der Waals surface area contributed by atoms with Crippen molar-refractivity contribution in [2.24, 2.45) is 5.41 Å². The monoisotopic (exact) mass is 160 g/mol. The zero-order chi connectivity index (χ0) is 7.61. The van der Waals surface area contributed by atoms with Gasteiger partial charge in [0.25, 0.3) is 0 Å². The Bertz CT molecular complexity index is 144. The fraction of sp³-hybridized carbons (Fsp3) is 0.875. The number of halogens is 1. The Morgan fingerprint density at radius 2 is 2.30 bits per heavy atom. The van der Waals surface area contributed by atoms with Crippen LogP contribution in [0.4, 0.5) is 0 Å². The average Bonchev–Trinajstić information content (AvgIpc) is 1.96. The molecule has 1 aliphatic carbocycles. The van der Waals surface area contributed by atoms with Gasteiger partial charge in [-0.2, -0.15) is 0 Å². The summed E-state index contributed by atoms with van der Waals surface area (Å²) in [6.07, 6.45) is 3.94. The SMILES string of the molecule is CC1(CCl)CCCCC1=O. The number of hydrogen-bond donors (Lipinski definition) is 0. The van der Waals surface area contributed by atoms with Gasteiger partial charge in [0.15, 0.2) is 0 Å². The van der Waals surface area contributed by atoms with E-state index in [0.717, 1.165) is 25.7 Å². The molecule has 1 aliphatic rings. The molecule has 1 fully saturated rings. The highest BCUT2D eigenvalue weighted by Gasteiger charge is 2.33. The number of rotatable bonds is 1. The molecule has 0 spiro atoms. The molecule has 0 amide bonds. The third-order valence-electron chi connectivity index (χ3n) is 2.35. The fourth-order valence-electron chi connectivity index (χ4n) is 1.38. The lowest BCUT2D eigenvalue weighted by Gasteiger charge is -2.29. The summed E-state index contributed by atoms with van der Waals surface area (Å²) in [5.41, 5.74) is -0.195. The van der Waals surface area contributed by atoms with Gasteiger partial charge >= 0.3 is 0 Å². The van der Waals surface area contributed by atoms with Crippen molar-refractivity contribution >= 4 is 17.4 Å². The van der Waals surface area contributed by atoms with Crippen molar-refractivity contribution in [2.75, 3.05) is 5.88 Å². The van der Waals surface area contributed by atoms with Crippen molar-refractivity contribution in [3.8, 4) is 0 Å². The molecule has 0 heterocycles. The molecular formula is C8H13ClO. The molecule has 0 aliphatic heterocycles. The normalized spacial score (nSPS) is 34.4. The number of Topliss-reactive ketones (excluding diaryl/α,β-unsaturated/α-hetero) is 1. The molecule has 2 heteroatoms. The van der Waals surface area contributed by atoms with Crippen LogP contribution < -0.4 is 0 Å². The Labute approximate surface area is 66.8 Å². The Balaban J connectivity index is 2.63. The second-order valence-electron chi connectivity index (χ2n) is 3.32. The lowest BCUT2D eigenvalue weighted by atomic mass is 9.76. The minimum atomic E-state index is -0.195. The van der Waals surface area contributed by atoms with Gasteiger partial charge in [0.1, 0.15) is 5.78 Å². The zero-order valence-corrected chi connectivity index (χ0v) is 7.08. The third-order valence-corrected chi connectivity index (χ3v) is 2.94. The molecule has 10 heavy (non-hydrogen) atoms. The summed E-state index contributed by atoms with van der Waals surface area (Å²) in [6, 6.07) is 0. The molecule has 0 radical (unpaired) electrons. The van der Waals surface area contributed by atoms with Gasteiger partial charge in [0.2, 0.25) is 0 Å². The maximum absolute atomic E-state index is 11.3. The van der Waals surface area contributed by atoms with Gasteiger partial charge in [0, 0.05) is 17.7 Å². The minimum Gasteiger partial charge on any atom is -0.299 e. The van der Waals surface area contributed by atoms with Gasteiger partial charge in [-0.15, -0.1) is 11.6 Å². The lowest BCUT2D eigenvalue weighted by molar-refractivity contribution is -0.129. The number of alkyl halides is 1. The van der Waals surface area contributed by atoms with E-state index in [1.54, 1.807) is 0 Å². The molecule has 0 N–H and O–H groups in total. The van der Waals surface area contributed by atoms with Gasteiger partial charge in [-0.1, -0.05) is 13.3 Å². The van der Waals surface area contributed by atoms with Gasteiger partial charge < -0.3 is 0 Å². The fourth-order valence-corrected chi connectivity index (χ4v) is 1.67. The van der Waals surface area contributed by atoms with E-state index >= 15 is 0 Å². The molecule has 0 bridgehead atoms. The van der Waals surface area contributed by atoms with Crippen molar-refractivity contribution in [2.45, 2.75) is 32.6 Å². The summed E-state index contributed by atoms with van der Waals surface area (Å²) in [7, 11) is 0. The summed E-state index contributed by atoms with van der Waals surface area (Å²) in [6.45, 7) is 1.97. The first-order valence-corrected chi connectivity index (χ1v) is 4.32. The van der Waals surface area contributed by atoms with Crippen molar-refractivity contribution in [3.05, 3.63) is 0 Å². The number of carbonyl (C=O) groups is 1. The number of hydrogen-bond acceptors (Lipinski definition) is 1. The highest BCUT2D eigenvalue weighted by molar-refractivity contribution is 6.20. The molecule has 1 rings (SSSR count). The van der Waals surface area contributed by atoms with E-state index in [-0.39, 0.29) is 5.41 Å². The van der Waals surface area contributed by atoms with Crippen LogP contribution in [0.1, 0.15) is 32.6 Å². The predicted octanol–water partition coefficient (Wildman–Crippen LogP) is 2.37. The molecule has 1 atom stereocenters. The molecule has 0 aromatic rings. The Hall–Kier alpha value is -0.0400. The van der Waals surface area contributed by atoms with E-state index in [1.165, 1.54) is 0 Å². The molecule has 0 aromatic carbocycles. The maximum Gasteiger partial charge on any atom is 0.139 e. The van der Waals surface area contributed by atoms with E-state index in [1.807, 2.05) is 6.92 Å². The van der Waals surface area contributed by atoms with E-state index < -0.39 is 0 Å². The Kier molecular flexibility index (Phi) is 2.35. The van der Waals surface area contributed by atoms with Gasteiger partial charge in [0.05, 0.1) is 0 Å². The topological polar surface area (TPSA) is 17.1 Å². The van der Waals surface area contributed by atoms with E-state index in [0.29, 0.717) is 11.7 Å². The largest absolute Gasteiger partial charge is 0.299 e. The first kappa shape index (κ1) is 8.06. The summed E-state index contributed by atoms with van der Waals surface area (Å²) >= 11 is 5.70. The highest BCUT2D eigenvalue weighted by atomic mass is 35.5. The molecule has 0 aromatic heterocycles. The molecule has 1 nitrogen and oxygen atoms in total. The summed E-state index contributed by atoms with van der Waals surface area (Å²) in [4.78, 5) is 11.3. The number of carbonyl (C=O) groups excluding carboxylic acids is 1. The van der Waals surface area contributed by atoms with E-state index in [9.17, 15) is 4.79 Å². The first-order valence-electron chi connectivity index (χ1n) is 3.78. The third kappa shape index (κ3) is 1.34. The highest BCUT2D eigenvalue weighted by Crippen LogP contribution is 2.33. The smallest absolute Gasteiger partial charge is 0.139 e. The molecule has 58 valence electrons. The summed E-state index contributed by atoms with van der Waals surface area (Å²) in [5, 5.41) is 0. The average molecular weight is 161 g/mol. The van der Waals surface area contributed by atoms with Gasteiger partial charge in [-0.3, -0.25) is 4.79 Å². The standard InChI is InChI=1S/C8H13ClO/c1-8(6-9)5-3-2-4-7(8)10/h2-6H2,1H3. The molecule has 1 saturated carbocycles. The van der Waals surface area contributed by atoms with Crippen LogP contribution in [0.5, 0.6) is 0 Å². The van der Waals surface area contributed by atoms with Crippen molar-refractivity contribution in [1.29, 1.82) is 0 Å². The zero-order valence-electron chi connectivity index (χ0n) is 6.32. The maximum atomic E-state index is 11.3. The van der Waals surface area contributed by atoms with E-state index in [4.69, 9.17) is 11.6 Å². The van der Waals surface area contributed by atoms with Gasteiger partial charge in [-0.05, 0) is 12.8 Å². The second-order valence-corrected chi connectivity index (χ2v) is 3.59. The van der Waals surface area contributed by atoms with Crippen molar-refractivity contribution < 1.29 is 4.79 Å². The van der Waals surface area contributed by atoms with Crippen LogP contribution in [0.3, 0.4) is 0 Å². The molecular weight excluding hydrogens is 148 g/mol. The molecule has 0 saturated heterocycles. The van der Waals surface area contributed by atoms with Crippen LogP contribution in [0.2, 0.25) is 0 Å². The van der Waals surface area contributed by atoms with Crippen molar-refractivity contribution in [1.82, 2.24) is 0 Å². The van der Waals surface area contributed by atoms with Crippen LogP contribution in [-0.4, -0.2) is 11.7 Å². The van der Waals surface area contributed by atoms with Crippen LogP contribution in [0.15, 0.2) is 0 Å².